The minimum atomic E-state index is 0.0354. The Kier molecular flexibility index (Phi) is 4.52. The van der Waals surface area contributed by atoms with E-state index in [-0.39, 0.29) is 18.6 Å². The second kappa shape index (κ2) is 6.58. The summed E-state index contributed by atoms with van der Waals surface area (Å²) in [5.74, 6) is 1.57. The van der Waals surface area contributed by atoms with Crippen molar-refractivity contribution in [3.8, 4) is 22.8 Å². The Morgan fingerprint density at radius 1 is 1.30 bits per heavy atom. The number of carbonyl (C=O) groups excluding carboxylic acids is 1. The summed E-state index contributed by atoms with van der Waals surface area (Å²) >= 11 is 1.49. The summed E-state index contributed by atoms with van der Waals surface area (Å²) in [5.41, 5.74) is 1.83. The van der Waals surface area contributed by atoms with Gasteiger partial charge in [0.1, 0.15) is 0 Å². The number of hydrogen-bond donors (Lipinski definition) is 1. The number of aromatic nitrogens is 1. The number of fused-ring (bicyclic) bond motifs is 1. The quantitative estimate of drug-likeness (QED) is 0.890. The van der Waals surface area contributed by atoms with Crippen molar-refractivity contribution in [3.63, 3.8) is 0 Å². The molecule has 0 aliphatic carbocycles. The molecule has 1 aliphatic heterocycles. The molecule has 122 valence electrons. The maximum Gasteiger partial charge on any atom is 0.231 e. The molecule has 23 heavy (non-hydrogen) atoms. The van der Waals surface area contributed by atoms with Crippen molar-refractivity contribution in [3.05, 3.63) is 23.1 Å². The molecule has 0 radical (unpaired) electrons. The van der Waals surface area contributed by atoms with E-state index in [1.807, 2.05) is 39.0 Å². The number of aryl methyl sites for hydroxylation is 1. The highest BCUT2D eigenvalue weighted by molar-refractivity contribution is 7.16. The van der Waals surface area contributed by atoms with Gasteiger partial charge in [0.05, 0.1) is 5.69 Å². The average Bonchev–Trinajstić information content (AvgIpc) is 3.14. The third-order valence-electron chi connectivity index (χ3n) is 4.03. The molecule has 0 atom stereocenters. The zero-order chi connectivity index (χ0) is 16.4. The van der Waals surface area contributed by atoms with Crippen LogP contribution in [0.5, 0.6) is 11.5 Å². The third-order valence-corrected chi connectivity index (χ3v) is 4.92. The van der Waals surface area contributed by atoms with Crippen LogP contribution in [-0.4, -0.2) is 17.7 Å². The van der Waals surface area contributed by atoms with Gasteiger partial charge < -0.3 is 14.8 Å². The van der Waals surface area contributed by atoms with Crippen LogP contribution in [0.2, 0.25) is 0 Å². The Hall–Kier alpha value is -2.08. The van der Waals surface area contributed by atoms with Gasteiger partial charge in [-0.05, 0) is 38.0 Å². The minimum absolute atomic E-state index is 0.0354. The highest BCUT2D eigenvalue weighted by Crippen LogP contribution is 2.38. The second-order valence-electron chi connectivity index (χ2n) is 5.49. The van der Waals surface area contributed by atoms with Crippen molar-refractivity contribution in [1.82, 2.24) is 4.98 Å². The lowest BCUT2D eigenvalue weighted by molar-refractivity contribution is -0.120. The molecule has 0 saturated carbocycles. The highest BCUT2D eigenvalue weighted by Gasteiger charge is 2.19. The van der Waals surface area contributed by atoms with Crippen molar-refractivity contribution < 1.29 is 14.3 Å². The SMILES string of the molecule is CCC(CC)C(=O)Nc1nc(-c2ccc3c(c2)OCO3)c(C)s1. The van der Waals surface area contributed by atoms with E-state index in [2.05, 4.69) is 10.3 Å². The molecule has 1 aliphatic rings. The van der Waals surface area contributed by atoms with Gasteiger partial charge in [0.15, 0.2) is 16.6 Å². The van der Waals surface area contributed by atoms with E-state index < -0.39 is 0 Å². The Balaban J connectivity index is 1.82. The summed E-state index contributed by atoms with van der Waals surface area (Å²) in [6.45, 7) is 6.31. The molecule has 1 aromatic carbocycles. The summed E-state index contributed by atoms with van der Waals surface area (Å²) in [5, 5.41) is 3.59. The molecular weight excluding hydrogens is 312 g/mol. The molecule has 0 spiro atoms. The molecule has 0 bridgehead atoms. The molecule has 3 rings (SSSR count). The van der Waals surface area contributed by atoms with Crippen LogP contribution in [0.25, 0.3) is 11.3 Å². The average molecular weight is 332 g/mol. The first-order valence-electron chi connectivity index (χ1n) is 7.80. The maximum atomic E-state index is 12.2. The van der Waals surface area contributed by atoms with Crippen molar-refractivity contribution in [1.29, 1.82) is 0 Å². The van der Waals surface area contributed by atoms with Gasteiger partial charge in [-0.3, -0.25) is 4.79 Å². The monoisotopic (exact) mass is 332 g/mol. The van der Waals surface area contributed by atoms with Crippen LogP contribution in [0, 0.1) is 12.8 Å². The lowest BCUT2D eigenvalue weighted by Crippen LogP contribution is -2.21. The predicted molar refractivity (Wildman–Crippen MR) is 91.1 cm³/mol. The first-order chi connectivity index (χ1) is 11.1. The molecule has 1 aromatic heterocycles. The lowest BCUT2D eigenvalue weighted by atomic mass is 10.0. The topological polar surface area (TPSA) is 60.5 Å². The van der Waals surface area contributed by atoms with E-state index in [0.717, 1.165) is 40.5 Å². The van der Waals surface area contributed by atoms with Crippen LogP contribution in [0.4, 0.5) is 5.13 Å². The molecule has 1 amide bonds. The number of rotatable bonds is 5. The number of benzene rings is 1. The van der Waals surface area contributed by atoms with Crippen molar-refractivity contribution in [2.75, 3.05) is 12.1 Å². The van der Waals surface area contributed by atoms with E-state index in [0.29, 0.717) is 5.13 Å². The normalized spacial score (nSPS) is 12.7. The van der Waals surface area contributed by atoms with Gasteiger partial charge in [-0.25, -0.2) is 4.98 Å². The van der Waals surface area contributed by atoms with Crippen molar-refractivity contribution in [2.24, 2.45) is 5.92 Å². The minimum Gasteiger partial charge on any atom is -0.454 e. The van der Waals surface area contributed by atoms with Crippen LogP contribution in [-0.2, 0) is 4.79 Å². The molecule has 5 nitrogen and oxygen atoms in total. The van der Waals surface area contributed by atoms with Crippen LogP contribution in [0.1, 0.15) is 31.6 Å². The van der Waals surface area contributed by atoms with Gasteiger partial charge in [-0.1, -0.05) is 13.8 Å². The molecule has 0 fully saturated rings. The third kappa shape index (κ3) is 3.17. The predicted octanol–water partition coefficient (Wildman–Crippen LogP) is 4.22. The van der Waals surface area contributed by atoms with Crippen LogP contribution in [0.3, 0.4) is 0 Å². The van der Waals surface area contributed by atoms with Crippen molar-refractivity contribution >= 4 is 22.4 Å². The van der Waals surface area contributed by atoms with E-state index in [1.54, 1.807) is 0 Å². The van der Waals surface area contributed by atoms with Crippen molar-refractivity contribution in [2.45, 2.75) is 33.6 Å². The van der Waals surface area contributed by atoms with Gasteiger partial charge in [0.2, 0.25) is 12.7 Å². The number of ether oxygens (including phenoxy) is 2. The molecule has 2 aromatic rings. The largest absolute Gasteiger partial charge is 0.454 e. The Morgan fingerprint density at radius 3 is 2.78 bits per heavy atom. The summed E-state index contributed by atoms with van der Waals surface area (Å²) in [7, 11) is 0. The van der Waals surface area contributed by atoms with Crippen LogP contribution in [0.15, 0.2) is 18.2 Å². The highest BCUT2D eigenvalue weighted by atomic mass is 32.1. The Bertz CT molecular complexity index is 723. The number of amides is 1. The smallest absolute Gasteiger partial charge is 0.231 e. The number of nitrogens with one attached hydrogen (secondary N) is 1. The fourth-order valence-corrected chi connectivity index (χ4v) is 3.47. The van der Waals surface area contributed by atoms with Crippen LogP contribution >= 0.6 is 11.3 Å². The first kappa shape index (κ1) is 15.8. The molecule has 6 heteroatoms. The van der Waals surface area contributed by atoms with E-state index in [9.17, 15) is 4.79 Å². The maximum absolute atomic E-state index is 12.2. The molecule has 1 N–H and O–H groups in total. The number of thiazole rings is 1. The number of nitrogens with zero attached hydrogens (tertiary/aromatic N) is 1. The lowest BCUT2D eigenvalue weighted by Gasteiger charge is -2.10. The fraction of sp³-hybridized carbons (Fsp3) is 0.412. The molecule has 0 saturated heterocycles. The van der Waals surface area contributed by atoms with Gasteiger partial charge in [-0.2, -0.15) is 0 Å². The summed E-state index contributed by atoms with van der Waals surface area (Å²) in [6.07, 6.45) is 1.67. The summed E-state index contributed by atoms with van der Waals surface area (Å²) in [4.78, 5) is 17.8. The second-order valence-corrected chi connectivity index (χ2v) is 6.70. The first-order valence-corrected chi connectivity index (χ1v) is 8.62. The standard InChI is InChI=1S/C17H20N2O3S/c1-4-11(5-2)16(20)19-17-18-15(10(3)23-17)12-6-7-13-14(8-12)22-9-21-13/h6-8,11H,4-5,9H2,1-3H3,(H,18,19,20). The zero-order valence-corrected chi connectivity index (χ0v) is 14.3. The number of anilines is 1. The summed E-state index contributed by atoms with van der Waals surface area (Å²) in [6, 6.07) is 5.78. The van der Waals surface area contributed by atoms with E-state index >= 15 is 0 Å². The van der Waals surface area contributed by atoms with E-state index in [1.165, 1.54) is 11.3 Å². The zero-order valence-electron chi connectivity index (χ0n) is 13.5. The van der Waals surface area contributed by atoms with Gasteiger partial charge in [0.25, 0.3) is 0 Å². The van der Waals surface area contributed by atoms with Crippen LogP contribution < -0.4 is 14.8 Å². The number of hydrogen-bond acceptors (Lipinski definition) is 5. The van der Waals surface area contributed by atoms with Gasteiger partial charge in [-0.15, -0.1) is 11.3 Å². The molecule has 0 unspecified atom stereocenters. The Morgan fingerprint density at radius 2 is 2.04 bits per heavy atom. The van der Waals surface area contributed by atoms with E-state index in [4.69, 9.17) is 9.47 Å². The van der Waals surface area contributed by atoms with Gasteiger partial charge >= 0.3 is 0 Å². The summed E-state index contributed by atoms with van der Waals surface area (Å²) < 4.78 is 10.7. The molecule has 2 heterocycles. The van der Waals surface area contributed by atoms with Gasteiger partial charge in [0, 0.05) is 16.4 Å². The Labute approximate surface area is 139 Å². The molecular formula is C17H20N2O3S. The fourth-order valence-electron chi connectivity index (χ4n) is 2.63. The number of carbonyl (C=O) groups is 1.